The SMILES string of the molecule is C[C@H]1C[C@H](C)CN(S(=O)(=O)c2cnn(C)c2)C1. The van der Waals surface area contributed by atoms with Crippen LogP contribution in [0.5, 0.6) is 0 Å². The fourth-order valence-corrected chi connectivity index (χ4v) is 4.15. The summed E-state index contributed by atoms with van der Waals surface area (Å²) in [7, 11) is -1.63. The molecule has 5 nitrogen and oxygen atoms in total. The van der Waals surface area contributed by atoms with Crippen LogP contribution in [0.1, 0.15) is 20.3 Å². The summed E-state index contributed by atoms with van der Waals surface area (Å²) in [5.74, 6) is 0.843. The first-order chi connectivity index (χ1) is 7.89. The number of piperidine rings is 1. The number of rotatable bonds is 2. The van der Waals surface area contributed by atoms with E-state index in [1.54, 1.807) is 17.5 Å². The zero-order chi connectivity index (χ0) is 12.6. The van der Waals surface area contributed by atoms with Gasteiger partial charge in [-0.15, -0.1) is 0 Å². The van der Waals surface area contributed by atoms with Crippen LogP contribution in [0.2, 0.25) is 0 Å². The summed E-state index contributed by atoms with van der Waals surface area (Å²) in [4.78, 5) is 0.293. The molecule has 0 spiro atoms. The van der Waals surface area contributed by atoms with E-state index in [-0.39, 0.29) is 0 Å². The third-order valence-corrected chi connectivity index (χ3v) is 4.94. The van der Waals surface area contributed by atoms with Crippen molar-refractivity contribution in [3.63, 3.8) is 0 Å². The highest BCUT2D eigenvalue weighted by Crippen LogP contribution is 2.26. The average Bonchev–Trinajstić information content (AvgIpc) is 2.64. The molecule has 17 heavy (non-hydrogen) atoms. The zero-order valence-corrected chi connectivity index (χ0v) is 11.3. The lowest BCUT2D eigenvalue weighted by Crippen LogP contribution is -2.42. The second-order valence-electron chi connectivity index (χ2n) is 5.12. The van der Waals surface area contributed by atoms with Crippen molar-refractivity contribution in [1.29, 1.82) is 0 Å². The Morgan fingerprint density at radius 3 is 2.35 bits per heavy atom. The Morgan fingerprint density at radius 2 is 1.88 bits per heavy atom. The Labute approximate surface area is 102 Å². The maximum absolute atomic E-state index is 12.4. The molecule has 0 N–H and O–H groups in total. The van der Waals surface area contributed by atoms with Crippen LogP contribution < -0.4 is 0 Å². The van der Waals surface area contributed by atoms with Crippen molar-refractivity contribution in [3.8, 4) is 0 Å². The van der Waals surface area contributed by atoms with E-state index in [9.17, 15) is 8.42 Å². The summed E-state index contributed by atoms with van der Waals surface area (Å²) < 4.78 is 27.8. The highest BCUT2D eigenvalue weighted by molar-refractivity contribution is 7.89. The van der Waals surface area contributed by atoms with Gasteiger partial charge >= 0.3 is 0 Å². The van der Waals surface area contributed by atoms with Gasteiger partial charge in [-0.25, -0.2) is 8.42 Å². The number of hydrogen-bond donors (Lipinski definition) is 0. The van der Waals surface area contributed by atoms with Gasteiger partial charge in [0.15, 0.2) is 0 Å². The van der Waals surface area contributed by atoms with Crippen molar-refractivity contribution >= 4 is 10.0 Å². The molecule has 0 unspecified atom stereocenters. The standard InChI is InChI=1S/C11H19N3O2S/c1-9-4-10(2)7-14(6-9)17(15,16)11-5-12-13(3)8-11/h5,8-10H,4,6-7H2,1-3H3/t9-,10-/m0/s1. The van der Waals surface area contributed by atoms with Crippen molar-refractivity contribution in [2.75, 3.05) is 13.1 Å². The summed E-state index contributed by atoms with van der Waals surface area (Å²) in [6.45, 7) is 5.42. The first-order valence-corrected chi connectivity index (χ1v) is 7.32. The Morgan fingerprint density at radius 1 is 1.29 bits per heavy atom. The molecule has 0 bridgehead atoms. The number of hydrogen-bond acceptors (Lipinski definition) is 3. The van der Waals surface area contributed by atoms with Gasteiger partial charge in [-0.3, -0.25) is 4.68 Å². The van der Waals surface area contributed by atoms with Crippen LogP contribution >= 0.6 is 0 Å². The minimum atomic E-state index is -3.36. The lowest BCUT2D eigenvalue weighted by molar-refractivity contribution is 0.222. The van der Waals surface area contributed by atoms with E-state index in [0.29, 0.717) is 29.8 Å². The lowest BCUT2D eigenvalue weighted by Gasteiger charge is -2.33. The van der Waals surface area contributed by atoms with Crippen LogP contribution in [0.3, 0.4) is 0 Å². The van der Waals surface area contributed by atoms with Crippen LogP contribution in [0.15, 0.2) is 17.3 Å². The zero-order valence-electron chi connectivity index (χ0n) is 10.5. The molecule has 0 aromatic carbocycles. The van der Waals surface area contributed by atoms with Crippen LogP contribution in [0, 0.1) is 11.8 Å². The maximum Gasteiger partial charge on any atom is 0.246 e. The average molecular weight is 257 g/mol. The third kappa shape index (κ3) is 2.52. The maximum atomic E-state index is 12.4. The quantitative estimate of drug-likeness (QED) is 0.797. The predicted octanol–water partition coefficient (Wildman–Crippen LogP) is 1.09. The summed E-state index contributed by atoms with van der Waals surface area (Å²) >= 11 is 0. The Balaban J connectivity index is 2.26. The molecule has 0 amide bonds. The molecule has 1 fully saturated rings. The largest absolute Gasteiger partial charge is 0.274 e. The molecule has 1 aromatic rings. The van der Waals surface area contributed by atoms with Gasteiger partial charge in [-0.1, -0.05) is 13.8 Å². The molecular formula is C11H19N3O2S. The van der Waals surface area contributed by atoms with E-state index in [2.05, 4.69) is 18.9 Å². The van der Waals surface area contributed by atoms with Gasteiger partial charge in [0.1, 0.15) is 4.90 Å². The minimum absolute atomic E-state index is 0.293. The van der Waals surface area contributed by atoms with Crippen molar-refractivity contribution in [2.24, 2.45) is 18.9 Å². The second-order valence-corrected chi connectivity index (χ2v) is 7.06. The molecule has 2 rings (SSSR count). The molecule has 1 aromatic heterocycles. The van der Waals surface area contributed by atoms with Gasteiger partial charge in [0.2, 0.25) is 10.0 Å². The molecule has 96 valence electrons. The monoisotopic (exact) mass is 257 g/mol. The van der Waals surface area contributed by atoms with Gasteiger partial charge in [0.25, 0.3) is 0 Å². The molecule has 1 aliphatic heterocycles. The molecular weight excluding hydrogens is 238 g/mol. The first kappa shape index (κ1) is 12.6. The molecule has 1 saturated heterocycles. The normalized spacial score (nSPS) is 27.2. The summed E-state index contributed by atoms with van der Waals surface area (Å²) in [6.07, 6.45) is 4.07. The van der Waals surface area contributed by atoms with Crippen molar-refractivity contribution in [1.82, 2.24) is 14.1 Å². The van der Waals surface area contributed by atoms with E-state index in [4.69, 9.17) is 0 Å². The van der Waals surface area contributed by atoms with Gasteiger partial charge in [-0.2, -0.15) is 9.40 Å². The smallest absolute Gasteiger partial charge is 0.246 e. The highest BCUT2D eigenvalue weighted by atomic mass is 32.2. The minimum Gasteiger partial charge on any atom is -0.274 e. The highest BCUT2D eigenvalue weighted by Gasteiger charge is 2.32. The van der Waals surface area contributed by atoms with Crippen LogP contribution in [-0.4, -0.2) is 35.6 Å². The Bertz CT molecular complexity index is 485. The van der Waals surface area contributed by atoms with Crippen LogP contribution in [-0.2, 0) is 17.1 Å². The topological polar surface area (TPSA) is 55.2 Å². The van der Waals surface area contributed by atoms with Gasteiger partial charge < -0.3 is 0 Å². The number of aryl methyl sites for hydroxylation is 1. The van der Waals surface area contributed by atoms with E-state index in [1.807, 2.05) is 0 Å². The van der Waals surface area contributed by atoms with E-state index in [0.717, 1.165) is 6.42 Å². The molecule has 0 aliphatic carbocycles. The van der Waals surface area contributed by atoms with Crippen molar-refractivity contribution in [3.05, 3.63) is 12.4 Å². The third-order valence-electron chi connectivity index (χ3n) is 3.15. The van der Waals surface area contributed by atoms with Gasteiger partial charge in [0.05, 0.1) is 6.20 Å². The molecule has 0 saturated carbocycles. The fraction of sp³-hybridized carbons (Fsp3) is 0.727. The molecule has 2 heterocycles. The van der Waals surface area contributed by atoms with E-state index in [1.165, 1.54) is 10.9 Å². The first-order valence-electron chi connectivity index (χ1n) is 5.88. The molecule has 1 aliphatic rings. The van der Waals surface area contributed by atoms with Crippen LogP contribution in [0.4, 0.5) is 0 Å². The summed E-state index contributed by atoms with van der Waals surface area (Å²) in [5.41, 5.74) is 0. The van der Waals surface area contributed by atoms with Gasteiger partial charge in [-0.05, 0) is 18.3 Å². The number of sulfonamides is 1. The number of aromatic nitrogens is 2. The van der Waals surface area contributed by atoms with Crippen LogP contribution in [0.25, 0.3) is 0 Å². The van der Waals surface area contributed by atoms with E-state index >= 15 is 0 Å². The van der Waals surface area contributed by atoms with Gasteiger partial charge in [0, 0.05) is 26.3 Å². The summed E-state index contributed by atoms with van der Waals surface area (Å²) in [5, 5.41) is 3.93. The lowest BCUT2D eigenvalue weighted by atomic mass is 9.94. The Hall–Kier alpha value is -0.880. The fourth-order valence-electron chi connectivity index (χ4n) is 2.48. The van der Waals surface area contributed by atoms with Crippen molar-refractivity contribution < 1.29 is 8.42 Å². The summed E-state index contributed by atoms with van der Waals surface area (Å²) in [6, 6.07) is 0. The molecule has 2 atom stereocenters. The second kappa shape index (κ2) is 4.42. The molecule has 0 radical (unpaired) electrons. The van der Waals surface area contributed by atoms with E-state index < -0.39 is 10.0 Å². The predicted molar refractivity (Wildman–Crippen MR) is 64.9 cm³/mol. The Kier molecular flexibility index (Phi) is 3.27. The molecule has 6 heteroatoms. The van der Waals surface area contributed by atoms with Crippen molar-refractivity contribution in [2.45, 2.75) is 25.2 Å². The number of nitrogens with zero attached hydrogens (tertiary/aromatic N) is 3.